The number of nitrogens with zero attached hydrogens (tertiary/aromatic N) is 3. The van der Waals surface area contributed by atoms with Gasteiger partial charge in [-0.3, -0.25) is 14.4 Å². The number of likely N-dealkylation sites (tertiary alicyclic amines) is 1. The normalized spacial score (nSPS) is 20.3. The van der Waals surface area contributed by atoms with E-state index in [2.05, 4.69) is 21.4 Å². The number of hydrogen-bond acceptors (Lipinski definition) is 5. The first-order chi connectivity index (χ1) is 15.6. The lowest BCUT2D eigenvalue weighted by molar-refractivity contribution is -0.122. The van der Waals surface area contributed by atoms with Crippen molar-refractivity contribution in [3.63, 3.8) is 0 Å². The third-order valence-corrected chi connectivity index (χ3v) is 7.33. The van der Waals surface area contributed by atoms with E-state index in [0.29, 0.717) is 17.7 Å². The SMILES string of the molecule is O=C1Nc2ccc(Cl)cc2C12CCN(CCOc1ccc3c(cnn3C3COC3)c1)CC2. The number of anilines is 1. The average Bonchev–Trinajstić information content (AvgIpc) is 3.28. The van der Waals surface area contributed by atoms with Crippen molar-refractivity contribution >= 4 is 34.1 Å². The molecule has 6 rings (SSSR count). The first kappa shape index (κ1) is 20.0. The number of nitrogens with one attached hydrogen (secondary N) is 1. The highest BCUT2D eigenvalue weighted by molar-refractivity contribution is 6.31. The molecule has 1 spiro atoms. The number of ether oxygens (including phenoxy) is 2. The van der Waals surface area contributed by atoms with Gasteiger partial charge in [0.1, 0.15) is 12.4 Å². The second kappa shape index (κ2) is 7.76. The van der Waals surface area contributed by atoms with Crippen molar-refractivity contribution in [1.29, 1.82) is 0 Å². The Bertz CT molecular complexity index is 1180. The van der Waals surface area contributed by atoms with Gasteiger partial charge in [0.2, 0.25) is 5.91 Å². The van der Waals surface area contributed by atoms with Gasteiger partial charge in [-0.15, -0.1) is 0 Å². The maximum atomic E-state index is 12.8. The van der Waals surface area contributed by atoms with E-state index in [9.17, 15) is 4.79 Å². The lowest BCUT2D eigenvalue weighted by Gasteiger charge is -2.38. The number of benzene rings is 2. The van der Waals surface area contributed by atoms with Gasteiger partial charge in [0.15, 0.2) is 0 Å². The van der Waals surface area contributed by atoms with Crippen LogP contribution in [0, 0.1) is 0 Å². The fourth-order valence-corrected chi connectivity index (χ4v) is 5.28. The Morgan fingerprint density at radius 2 is 2.03 bits per heavy atom. The van der Waals surface area contributed by atoms with Crippen molar-refractivity contribution in [1.82, 2.24) is 14.7 Å². The average molecular weight is 453 g/mol. The topological polar surface area (TPSA) is 68.6 Å². The van der Waals surface area contributed by atoms with Crippen LogP contribution in [0.2, 0.25) is 5.02 Å². The summed E-state index contributed by atoms with van der Waals surface area (Å²) in [4.78, 5) is 15.2. The summed E-state index contributed by atoms with van der Waals surface area (Å²) in [5.74, 6) is 0.960. The summed E-state index contributed by atoms with van der Waals surface area (Å²) in [6.45, 7) is 4.61. The molecule has 4 heterocycles. The fourth-order valence-electron chi connectivity index (χ4n) is 5.11. The van der Waals surface area contributed by atoms with Crippen LogP contribution < -0.4 is 10.1 Å². The quantitative estimate of drug-likeness (QED) is 0.640. The van der Waals surface area contributed by atoms with Crippen molar-refractivity contribution in [3.8, 4) is 5.75 Å². The largest absolute Gasteiger partial charge is 0.492 e. The molecule has 166 valence electrons. The molecule has 8 heteroatoms. The molecule has 0 saturated carbocycles. The van der Waals surface area contributed by atoms with Crippen LogP contribution in [0.3, 0.4) is 0 Å². The molecule has 0 radical (unpaired) electrons. The second-order valence-electron chi connectivity index (χ2n) is 8.92. The van der Waals surface area contributed by atoms with Gasteiger partial charge < -0.3 is 14.8 Å². The van der Waals surface area contributed by atoms with Gasteiger partial charge in [-0.2, -0.15) is 5.10 Å². The van der Waals surface area contributed by atoms with Crippen LogP contribution in [0.15, 0.2) is 42.6 Å². The lowest BCUT2D eigenvalue weighted by atomic mass is 9.73. The van der Waals surface area contributed by atoms with Crippen LogP contribution in [0.25, 0.3) is 10.9 Å². The molecular formula is C24H25ClN4O3. The van der Waals surface area contributed by atoms with E-state index in [1.165, 1.54) is 0 Å². The Labute approximate surface area is 191 Å². The van der Waals surface area contributed by atoms with E-state index in [4.69, 9.17) is 21.1 Å². The molecule has 0 atom stereocenters. The standard InChI is InChI=1S/C24H25ClN4O3/c25-17-1-3-21-20(12-17)24(23(30)27-21)5-7-28(8-6-24)9-10-32-19-2-4-22-16(11-19)13-26-29(22)18-14-31-15-18/h1-4,11-13,18H,5-10,14-15H2,(H,27,30). The van der Waals surface area contributed by atoms with Crippen molar-refractivity contribution < 1.29 is 14.3 Å². The molecule has 0 aliphatic carbocycles. The van der Waals surface area contributed by atoms with Gasteiger partial charge in [-0.25, -0.2) is 0 Å². The number of halogens is 1. The van der Waals surface area contributed by atoms with Crippen LogP contribution in [0.1, 0.15) is 24.4 Å². The van der Waals surface area contributed by atoms with Crippen LogP contribution >= 0.6 is 11.6 Å². The Hall–Kier alpha value is -2.61. The number of aromatic nitrogens is 2. The van der Waals surface area contributed by atoms with E-state index in [1.54, 1.807) is 0 Å². The third kappa shape index (κ3) is 3.27. The Morgan fingerprint density at radius 1 is 1.19 bits per heavy atom. The lowest BCUT2D eigenvalue weighted by Crippen LogP contribution is -2.47. The number of carbonyl (C=O) groups is 1. The van der Waals surface area contributed by atoms with Crippen molar-refractivity contribution in [2.45, 2.75) is 24.3 Å². The van der Waals surface area contributed by atoms with Crippen LogP contribution in [-0.2, 0) is 14.9 Å². The molecule has 3 aliphatic rings. The molecular weight excluding hydrogens is 428 g/mol. The number of fused-ring (bicyclic) bond motifs is 3. The van der Waals surface area contributed by atoms with Gasteiger partial charge in [-0.05, 0) is 67.9 Å². The number of piperidine rings is 1. The molecule has 0 unspecified atom stereocenters. The molecule has 3 aromatic rings. The van der Waals surface area contributed by atoms with Gasteiger partial charge in [-0.1, -0.05) is 11.6 Å². The minimum absolute atomic E-state index is 0.105. The summed E-state index contributed by atoms with van der Waals surface area (Å²) < 4.78 is 13.4. The number of hydrogen-bond donors (Lipinski definition) is 1. The Balaban J connectivity index is 1.06. The van der Waals surface area contributed by atoms with Gasteiger partial charge in [0, 0.05) is 22.6 Å². The zero-order valence-corrected chi connectivity index (χ0v) is 18.5. The van der Waals surface area contributed by atoms with Crippen molar-refractivity contribution in [2.75, 3.05) is 44.8 Å². The zero-order chi connectivity index (χ0) is 21.7. The predicted octanol–water partition coefficient (Wildman–Crippen LogP) is 3.63. The molecule has 3 aliphatic heterocycles. The number of rotatable bonds is 5. The van der Waals surface area contributed by atoms with Gasteiger partial charge >= 0.3 is 0 Å². The molecule has 1 amide bonds. The van der Waals surface area contributed by atoms with E-state index < -0.39 is 5.41 Å². The number of carbonyl (C=O) groups excluding carboxylic acids is 1. The highest BCUT2D eigenvalue weighted by Crippen LogP contribution is 2.45. The molecule has 7 nitrogen and oxygen atoms in total. The molecule has 2 fully saturated rings. The molecule has 2 aromatic carbocycles. The summed E-state index contributed by atoms with van der Waals surface area (Å²) in [7, 11) is 0. The maximum Gasteiger partial charge on any atom is 0.235 e. The monoisotopic (exact) mass is 452 g/mol. The Kier molecular flexibility index (Phi) is 4.86. The summed E-state index contributed by atoms with van der Waals surface area (Å²) in [5.41, 5.74) is 2.61. The van der Waals surface area contributed by atoms with Crippen LogP contribution in [-0.4, -0.2) is 60.0 Å². The van der Waals surface area contributed by atoms with Crippen LogP contribution in [0.5, 0.6) is 5.75 Å². The van der Waals surface area contributed by atoms with E-state index in [1.807, 2.05) is 41.2 Å². The van der Waals surface area contributed by atoms with Crippen molar-refractivity contribution in [2.24, 2.45) is 0 Å². The summed E-state index contributed by atoms with van der Waals surface area (Å²) >= 11 is 6.22. The zero-order valence-electron chi connectivity index (χ0n) is 17.7. The van der Waals surface area contributed by atoms with E-state index in [-0.39, 0.29) is 5.91 Å². The summed E-state index contributed by atoms with van der Waals surface area (Å²) in [6, 6.07) is 12.2. The molecule has 2 saturated heterocycles. The first-order valence-corrected chi connectivity index (χ1v) is 11.5. The summed E-state index contributed by atoms with van der Waals surface area (Å²) in [6.07, 6.45) is 3.48. The van der Waals surface area contributed by atoms with E-state index >= 15 is 0 Å². The predicted molar refractivity (Wildman–Crippen MR) is 123 cm³/mol. The maximum absolute atomic E-state index is 12.8. The van der Waals surface area contributed by atoms with Gasteiger partial charge in [0.25, 0.3) is 0 Å². The Morgan fingerprint density at radius 3 is 2.81 bits per heavy atom. The first-order valence-electron chi connectivity index (χ1n) is 11.1. The second-order valence-corrected chi connectivity index (χ2v) is 9.35. The third-order valence-electron chi connectivity index (χ3n) is 7.10. The minimum atomic E-state index is -0.450. The summed E-state index contributed by atoms with van der Waals surface area (Å²) in [5, 5.41) is 9.31. The molecule has 0 bridgehead atoms. The molecule has 32 heavy (non-hydrogen) atoms. The molecule has 1 N–H and O–H groups in total. The highest BCUT2D eigenvalue weighted by Gasteiger charge is 2.48. The fraction of sp³-hybridized carbons (Fsp3) is 0.417. The van der Waals surface area contributed by atoms with Crippen molar-refractivity contribution in [3.05, 3.63) is 53.2 Å². The number of amides is 1. The van der Waals surface area contributed by atoms with Crippen LogP contribution in [0.4, 0.5) is 5.69 Å². The smallest absolute Gasteiger partial charge is 0.235 e. The minimum Gasteiger partial charge on any atom is -0.492 e. The highest BCUT2D eigenvalue weighted by atomic mass is 35.5. The van der Waals surface area contributed by atoms with E-state index in [0.717, 1.165) is 73.6 Å². The molecule has 1 aromatic heterocycles. The van der Waals surface area contributed by atoms with Gasteiger partial charge in [0.05, 0.1) is 36.4 Å².